The highest BCUT2D eigenvalue weighted by Crippen LogP contribution is 2.28. The number of benzene rings is 1. The highest BCUT2D eigenvalue weighted by molar-refractivity contribution is 5.66. The Balaban J connectivity index is 2.02. The summed E-state index contributed by atoms with van der Waals surface area (Å²) in [6.07, 6.45) is 3.43. The fraction of sp³-hybridized carbons (Fsp3) is 0.562. The predicted molar refractivity (Wildman–Crippen MR) is 77.7 cm³/mol. The van der Waals surface area contributed by atoms with Crippen molar-refractivity contribution >= 4 is 11.7 Å². The number of carboxylic acid groups (broad SMARTS) is 1. The maximum Gasteiger partial charge on any atom is 0.303 e. The topological polar surface area (TPSA) is 40.5 Å². The fourth-order valence-electron chi connectivity index (χ4n) is 3.01. The minimum Gasteiger partial charge on any atom is -0.481 e. The molecule has 1 aliphatic rings. The summed E-state index contributed by atoms with van der Waals surface area (Å²) in [6, 6.07) is 6.57. The van der Waals surface area contributed by atoms with E-state index in [0.29, 0.717) is 12.3 Å². The van der Waals surface area contributed by atoms with Crippen LogP contribution in [0.15, 0.2) is 18.2 Å². The molecule has 1 N–H and O–H groups in total. The van der Waals surface area contributed by atoms with Gasteiger partial charge in [0.05, 0.1) is 0 Å². The molecule has 3 nitrogen and oxygen atoms in total. The molecule has 1 unspecified atom stereocenters. The van der Waals surface area contributed by atoms with Crippen LogP contribution in [-0.4, -0.2) is 24.2 Å². The van der Waals surface area contributed by atoms with Crippen LogP contribution in [0.1, 0.15) is 36.8 Å². The minimum atomic E-state index is -0.677. The number of anilines is 1. The summed E-state index contributed by atoms with van der Waals surface area (Å²) in [5.41, 5.74) is 3.92. The first kappa shape index (κ1) is 13.9. The number of aliphatic carboxylic acids is 1. The first-order valence-corrected chi connectivity index (χ1v) is 7.10. The number of aryl methyl sites for hydroxylation is 2. The minimum absolute atomic E-state index is 0.297. The van der Waals surface area contributed by atoms with Gasteiger partial charge in [0.25, 0.3) is 0 Å². The molecule has 3 heteroatoms. The van der Waals surface area contributed by atoms with Crippen LogP contribution in [0.3, 0.4) is 0 Å². The highest BCUT2D eigenvalue weighted by atomic mass is 16.4. The van der Waals surface area contributed by atoms with Gasteiger partial charge in [-0.3, -0.25) is 4.79 Å². The Kier molecular flexibility index (Phi) is 4.46. The summed E-state index contributed by atoms with van der Waals surface area (Å²) < 4.78 is 0. The quantitative estimate of drug-likeness (QED) is 0.903. The van der Waals surface area contributed by atoms with E-state index < -0.39 is 5.97 Å². The highest BCUT2D eigenvalue weighted by Gasteiger charge is 2.21. The van der Waals surface area contributed by atoms with E-state index >= 15 is 0 Å². The second-order valence-electron chi connectivity index (χ2n) is 5.68. The molecule has 104 valence electrons. The molecule has 2 rings (SSSR count). The van der Waals surface area contributed by atoms with Crippen molar-refractivity contribution in [1.82, 2.24) is 0 Å². The second kappa shape index (κ2) is 6.09. The summed E-state index contributed by atoms with van der Waals surface area (Å²) in [5, 5.41) is 8.79. The van der Waals surface area contributed by atoms with Crippen molar-refractivity contribution in [2.24, 2.45) is 5.92 Å². The van der Waals surface area contributed by atoms with Crippen LogP contribution in [0.2, 0.25) is 0 Å². The van der Waals surface area contributed by atoms with Crippen LogP contribution in [-0.2, 0) is 4.79 Å². The molecule has 1 aliphatic heterocycles. The predicted octanol–water partition coefficient (Wildman–Crippen LogP) is 3.38. The summed E-state index contributed by atoms with van der Waals surface area (Å²) >= 11 is 0. The summed E-state index contributed by atoms with van der Waals surface area (Å²) in [6.45, 7) is 6.36. The van der Waals surface area contributed by atoms with Gasteiger partial charge in [0.1, 0.15) is 0 Å². The van der Waals surface area contributed by atoms with Gasteiger partial charge in [-0.2, -0.15) is 0 Å². The lowest BCUT2D eigenvalue weighted by atomic mass is 9.92. The molecule has 0 amide bonds. The third-order valence-corrected chi connectivity index (χ3v) is 3.98. The molecule has 1 aromatic rings. The molecule has 0 radical (unpaired) electrons. The van der Waals surface area contributed by atoms with Crippen LogP contribution in [0.25, 0.3) is 0 Å². The Morgan fingerprint density at radius 2 is 2.21 bits per heavy atom. The third-order valence-electron chi connectivity index (χ3n) is 3.98. The number of nitrogens with zero attached hydrogens (tertiary/aromatic N) is 1. The van der Waals surface area contributed by atoms with Gasteiger partial charge in [-0.1, -0.05) is 17.7 Å². The molecule has 0 saturated carbocycles. The molecular weight excluding hydrogens is 238 g/mol. The van der Waals surface area contributed by atoms with Crippen LogP contribution < -0.4 is 4.90 Å². The zero-order valence-electron chi connectivity index (χ0n) is 11.9. The number of rotatable bonds is 4. The Hall–Kier alpha value is -1.51. The van der Waals surface area contributed by atoms with Crippen molar-refractivity contribution in [3.63, 3.8) is 0 Å². The van der Waals surface area contributed by atoms with Gasteiger partial charge in [0.2, 0.25) is 0 Å². The van der Waals surface area contributed by atoms with E-state index in [0.717, 1.165) is 32.4 Å². The van der Waals surface area contributed by atoms with E-state index in [1.807, 2.05) is 0 Å². The average Bonchev–Trinajstić information content (AvgIpc) is 2.36. The van der Waals surface area contributed by atoms with Crippen molar-refractivity contribution in [2.75, 3.05) is 18.0 Å². The van der Waals surface area contributed by atoms with Crippen LogP contribution in [0.4, 0.5) is 5.69 Å². The van der Waals surface area contributed by atoms with Gasteiger partial charge >= 0.3 is 5.97 Å². The van der Waals surface area contributed by atoms with Crippen molar-refractivity contribution in [3.8, 4) is 0 Å². The van der Waals surface area contributed by atoms with Crippen molar-refractivity contribution in [3.05, 3.63) is 29.3 Å². The molecule has 0 bridgehead atoms. The number of carboxylic acids is 1. The zero-order valence-corrected chi connectivity index (χ0v) is 11.9. The molecule has 1 atom stereocenters. The fourth-order valence-corrected chi connectivity index (χ4v) is 3.01. The number of hydrogen-bond donors (Lipinski definition) is 1. The van der Waals surface area contributed by atoms with Gasteiger partial charge in [-0.25, -0.2) is 0 Å². The van der Waals surface area contributed by atoms with Crippen molar-refractivity contribution in [2.45, 2.75) is 39.5 Å². The molecule has 1 heterocycles. The molecular formula is C16H23NO2. The Morgan fingerprint density at radius 1 is 1.42 bits per heavy atom. The standard InChI is InChI=1S/C16H23NO2/c1-12-5-7-15(13(2)10-12)17-9-3-4-14(11-17)6-8-16(18)19/h5,7,10,14H,3-4,6,8-9,11H2,1-2H3,(H,18,19). The van der Waals surface area contributed by atoms with Gasteiger partial charge in [0.15, 0.2) is 0 Å². The lowest BCUT2D eigenvalue weighted by Crippen LogP contribution is -2.36. The van der Waals surface area contributed by atoms with Crippen molar-refractivity contribution < 1.29 is 9.90 Å². The lowest BCUT2D eigenvalue weighted by molar-refractivity contribution is -0.137. The summed E-state index contributed by atoms with van der Waals surface area (Å²) in [4.78, 5) is 13.1. The Morgan fingerprint density at radius 3 is 2.89 bits per heavy atom. The van der Waals surface area contributed by atoms with E-state index in [4.69, 9.17) is 5.11 Å². The van der Waals surface area contributed by atoms with Crippen molar-refractivity contribution in [1.29, 1.82) is 0 Å². The maximum absolute atomic E-state index is 10.7. The van der Waals surface area contributed by atoms with Gasteiger partial charge in [-0.15, -0.1) is 0 Å². The Labute approximate surface area is 115 Å². The van der Waals surface area contributed by atoms with E-state index in [1.54, 1.807) is 0 Å². The SMILES string of the molecule is Cc1ccc(N2CCCC(CCC(=O)O)C2)c(C)c1. The monoisotopic (exact) mass is 261 g/mol. The molecule has 1 saturated heterocycles. The van der Waals surface area contributed by atoms with Gasteiger partial charge < -0.3 is 10.0 Å². The molecule has 0 aromatic heterocycles. The Bertz CT molecular complexity index is 456. The molecule has 1 aromatic carbocycles. The zero-order chi connectivity index (χ0) is 13.8. The lowest BCUT2D eigenvalue weighted by Gasteiger charge is -2.35. The number of hydrogen-bond acceptors (Lipinski definition) is 2. The van der Waals surface area contributed by atoms with E-state index in [9.17, 15) is 4.79 Å². The third kappa shape index (κ3) is 3.72. The first-order chi connectivity index (χ1) is 9.06. The maximum atomic E-state index is 10.7. The van der Waals surface area contributed by atoms with E-state index in [-0.39, 0.29) is 0 Å². The number of carbonyl (C=O) groups is 1. The van der Waals surface area contributed by atoms with Crippen LogP contribution in [0, 0.1) is 19.8 Å². The van der Waals surface area contributed by atoms with E-state index in [1.165, 1.54) is 16.8 Å². The van der Waals surface area contributed by atoms with Crippen LogP contribution in [0.5, 0.6) is 0 Å². The van der Waals surface area contributed by atoms with Crippen LogP contribution >= 0.6 is 0 Å². The van der Waals surface area contributed by atoms with E-state index in [2.05, 4.69) is 36.9 Å². The van der Waals surface area contributed by atoms with Gasteiger partial charge in [-0.05, 0) is 50.7 Å². The smallest absolute Gasteiger partial charge is 0.303 e. The first-order valence-electron chi connectivity index (χ1n) is 7.10. The second-order valence-corrected chi connectivity index (χ2v) is 5.68. The summed E-state index contributed by atoms with van der Waals surface area (Å²) in [5.74, 6) is -0.158. The number of piperidine rings is 1. The summed E-state index contributed by atoms with van der Waals surface area (Å²) in [7, 11) is 0. The average molecular weight is 261 g/mol. The molecule has 1 fully saturated rings. The molecule has 0 aliphatic carbocycles. The van der Waals surface area contributed by atoms with Gasteiger partial charge in [0, 0.05) is 25.2 Å². The largest absolute Gasteiger partial charge is 0.481 e. The molecule has 0 spiro atoms. The normalized spacial score (nSPS) is 19.5. The molecule has 19 heavy (non-hydrogen) atoms.